The molecular weight excluding hydrogens is 166 g/mol. The minimum atomic E-state index is 0.131. The molecule has 1 aliphatic rings. The highest BCUT2D eigenvalue weighted by atomic mass is 16.3. The summed E-state index contributed by atoms with van der Waals surface area (Å²) in [6, 6.07) is 5.13. The number of rotatable bonds is 1. The van der Waals surface area contributed by atoms with Gasteiger partial charge in [-0.25, -0.2) is 0 Å². The molecule has 0 radical (unpaired) electrons. The second-order valence-electron chi connectivity index (χ2n) is 3.17. The zero-order valence-corrected chi connectivity index (χ0v) is 7.12. The number of carbonyl (C=O) groups excluding carboxylic acids is 1. The van der Waals surface area contributed by atoms with Gasteiger partial charge in [-0.15, -0.1) is 4.91 Å². The van der Waals surface area contributed by atoms with Crippen LogP contribution in [0.4, 0.5) is 5.69 Å². The zero-order valence-electron chi connectivity index (χ0n) is 7.12. The van der Waals surface area contributed by atoms with Crippen LogP contribution in [0.2, 0.25) is 0 Å². The number of carbonyl (C=O) groups is 1. The van der Waals surface area contributed by atoms with Crippen LogP contribution in [0, 0.1) is 4.91 Å². The highest BCUT2D eigenvalue weighted by molar-refractivity contribution is 5.99. The molecule has 0 spiro atoms. The molecule has 0 heterocycles. The fraction of sp³-hybridized carbons (Fsp3) is 0.300. The van der Waals surface area contributed by atoms with Crippen molar-refractivity contribution < 1.29 is 4.79 Å². The number of hydrogen-bond acceptors (Lipinski definition) is 3. The molecule has 0 fully saturated rings. The Morgan fingerprint density at radius 2 is 2.08 bits per heavy atom. The van der Waals surface area contributed by atoms with Gasteiger partial charge in [-0.1, -0.05) is 12.1 Å². The van der Waals surface area contributed by atoms with Gasteiger partial charge in [0, 0.05) is 12.0 Å². The minimum absolute atomic E-state index is 0.131. The molecule has 0 N–H and O–H groups in total. The van der Waals surface area contributed by atoms with Crippen molar-refractivity contribution in [1.82, 2.24) is 0 Å². The molecule has 1 aromatic rings. The molecule has 0 bridgehead atoms. The number of ketones is 1. The highest BCUT2D eigenvalue weighted by Crippen LogP contribution is 2.29. The lowest BCUT2D eigenvalue weighted by atomic mass is 9.90. The number of nitrogens with zero attached hydrogens (tertiary/aromatic N) is 1. The predicted molar refractivity (Wildman–Crippen MR) is 49.2 cm³/mol. The van der Waals surface area contributed by atoms with E-state index in [4.69, 9.17) is 0 Å². The number of Topliss-reactive ketones (excluding diaryl/α,β-unsaturated/α-hetero) is 1. The smallest absolute Gasteiger partial charge is 0.163 e. The molecule has 3 heteroatoms. The van der Waals surface area contributed by atoms with Crippen LogP contribution < -0.4 is 0 Å². The van der Waals surface area contributed by atoms with E-state index in [1.165, 1.54) is 0 Å². The first-order valence-electron chi connectivity index (χ1n) is 4.31. The van der Waals surface area contributed by atoms with Crippen molar-refractivity contribution in [2.24, 2.45) is 5.18 Å². The van der Waals surface area contributed by atoms with Crippen molar-refractivity contribution >= 4 is 11.5 Å². The van der Waals surface area contributed by atoms with Gasteiger partial charge in [0.1, 0.15) is 5.69 Å². The normalized spacial score (nSPS) is 15.2. The lowest BCUT2D eigenvalue weighted by Gasteiger charge is -2.14. The molecule has 2 rings (SSSR count). The fourth-order valence-corrected chi connectivity index (χ4v) is 1.74. The Morgan fingerprint density at radius 1 is 1.23 bits per heavy atom. The Labute approximate surface area is 75.7 Å². The molecule has 66 valence electrons. The number of benzene rings is 1. The standard InChI is InChI=1S/C10H9NO2/c12-10-6-2-3-7-8(10)4-1-5-9(7)11-13/h1,4-5H,2-3,6H2. The maximum Gasteiger partial charge on any atom is 0.163 e. The van der Waals surface area contributed by atoms with Crippen molar-refractivity contribution in [3.05, 3.63) is 34.2 Å². The quantitative estimate of drug-likeness (QED) is 0.616. The second-order valence-corrected chi connectivity index (χ2v) is 3.17. The molecule has 0 atom stereocenters. The van der Waals surface area contributed by atoms with E-state index in [2.05, 4.69) is 5.18 Å². The molecule has 0 aliphatic heterocycles. The van der Waals surface area contributed by atoms with Gasteiger partial charge in [0.2, 0.25) is 0 Å². The lowest BCUT2D eigenvalue weighted by molar-refractivity contribution is 0.0972. The summed E-state index contributed by atoms with van der Waals surface area (Å²) >= 11 is 0. The van der Waals surface area contributed by atoms with Gasteiger partial charge in [0.25, 0.3) is 0 Å². The molecular formula is C10H9NO2. The zero-order chi connectivity index (χ0) is 9.26. The predicted octanol–water partition coefficient (Wildman–Crippen LogP) is 2.60. The van der Waals surface area contributed by atoms with E-state index in [1.54, 1.807) is 18.2 Å². The summed E-state index contributed by atoms with van der Waals surface area (Å²) in [6.45, 7) is 0. The van der Waals surface area contributed by atoms with Gasteiger partial charge in [-0.3, -0.25) is 4.79 Å². The molecule has 13 heavy (non-hydrogen) atoms. The van der Waals surface area contributed by atoms with Crippen LogP contribution in [0.15, 0.2) is 23.4 Å². The van der Waals surface area contributed by atoms with Crippen LogP contribution in [0.5, 0.6) is 0 Å². The van der Waals surface area contributed by atoms with E-state index >= 15 is 0 Å². The topological polar surface area (TPSA) is 46.5 Å². The Morgan fingerprint density at radius 3 is 2.85 bits per heavy atom. The van der Waals surface area contributed by atoms with E-state index in [-0.39, 0.29) is 5.78 Å². The third-order valence-electron chi connectivity index (χ3n) is 2.38. The Kier molecular flexibility index (Phi) is 1.93. The largest absolute Gasteiger partial charge is 0.294 e. The molecule has 0 saturated carbocycles. The van der Waals surface area contributed by atoms with Crippen LogP contribution >= 0.6 is 0 Å². The SMILES string of the molecule is O=Nc1cccc2c1CCCC2=O. The number of nitroso groups, excluding NO2 is 1. The highest BCUT2D eigenvalue weighted by Gasteiger charge is 2.19. The van der Waals surface area contributed by atoms with Crippen molar-refractivity contribution in [2.75, 3.05) is 0 Å². The van der Waals surface area contributed by atoms with Crippen LogP contribution in [-0.2, 0) is 6.42 Å². The molecule has 3 nitrogen and oxygen atoms in total. The van der Waals surface area contributed by atoms with Crippen LogP contribution in [0.1, 0.15) is 28.8 Å². The first-order valence-corrected chi connectivity index (χ1v) is 4.31. The third-order valence-corrected chi connectivity index (χ3v) is 2.38. The first kappa shape index (κ1) is 8.10. The summed E-state index contributed by atoms with van der Waals surface area (Å²) < 4.78 is 0. The van der Waals surface area contributed by atoms with E-state index in [0.717, 1.165) is 18.4 Å². The maximum atomic E-state index is 11.4. The van der Waals surface area contributed by atoms with Crippen LogP contribution in [0.3, 0.4) is 0 Å². The summed E-state index contributed by atoms with van der Waals surface area (Å²) in [5.74, 6) is 0.131. The average Bonchev–Trinajstić information content (AvgIpc) is 2.18. The van der Waals surface area contributed by atoms with Gasteiger partial charge >= 0.3 is 0 Å². The van der Waals surface area contributed by atoms with Crippen molar-refractivity contribution in [1.29, 1.82) is 0 Å². The van der Waals surface area contributed by atoms with E-state index in [0.29, 0.717) is 17.7 Å². The Bertz CT molecular complexity index is 371. The van der Waals surface area contributed by atoms with Crippen molar-refractivity contribution in [3.63, 3.8) is 0 Å². The number of fused-ring (bicyclic) bond motifs is 1. The second kappa shape index (κ2) is 3.09. The molecule has 0 aromatic heterocycles. The molecule has 0 unspecified atom stereocenters. The van der Waals surface area contributed by atoms with E-state index in [1.807, 2.05) is 0 Å². The first-order chi connectivity index (χ1) is 6.33. The van der Waals surface area contributed by atoms with Crippen molar-refractivity contribution in [3.8, 4) is 0 Å². The van der Waals surface area contributed by atoms with Crippen LogP contribution in [0.25, 0.3) is 0 Å². The van der Waals surface area contributed by atoms with Gasteiger partial charge in [0.05, 0.1) is 0 Å². The number of hydrogen-bond donors (Lipinski definition) is 0. The minimum Gasteiger partial charge on any atom is -0.294 e. The average molecular weight is 175 g/mol. The summed E-state index contributed by atoms with van der Waals surface area (Å²) in [5.41, 5.74) is 1.93. The monoisotopic (exact) mass is 175 g/mol. The van der Waals surface area contributed by atoms with Crippen molar-refractivity contribution in [2.45, 2.75) is 19.3 Å². The van der Waals surface area contributed by atoms with Gasteiger partial charge < -0.3 is 0 Å². The Hall–Kier alpha value is -1.51. The molecule has 0 saturated heterocycles. The van der Waals surface area contributed by atoms with E-state index in [9.17, 15) is 9.70 Å². The lowest BCUT2D eigenvalue weighted by Crippen LogP contribution is -2.10. The molecule has 0 amide bonds. The summed E-state index contributed by atoms with van der Waals surface area (Å²) in [6.07, 6.45) is 2.22. The van der Waals surface area contributed by atoms with Crippen LogP contribution in [-0.4, -0.2) is 5.78 Å². The third kappa shape index (κ3) is 1.26. The molecule has 1 aliphatic carbocycles. The van der Waals surface area contributed by atoms with Gasteiger partial charge in [0.15, 0.2) is 5.78 Å². The maximum absolute atomic E-state index is 11.4. The van der Waals surface area contributed by atoms with Gasteiger partial charge in [-0.05, 0) is 29.6 Å². The summed E-state index contributed by atoms with van der Waals surface area (Å²) in [5, 5.41) is 2.92. The summed E-state index contributed by atoms with van der Waals surface area (Å²) in [7, 11) is 0. The molecule has 1 aromatic carbocycles. The summed E-state index contributed by atoms with van der Waals surface area (Å²) in [4.78, 5) is 21.8. The fourth-order valence-electron chi connectivity index (χ4n) is 1.74. The van der Waals surface area contributed by atoms with E-state index < -0.39 is 0 Å². The Balaban J connectivity index is 2.60. The van der Waals surface area contributed by atoms with Gasteiger partial charge in [-0.2, -0.15) is 0 Å².